The Bertz CT molecular complexity index is 932. The van der Waals surface area contributed by atoms with Crippen molar-refractivity contribution in [2.75, 3.05) is 51.3 Å². The highest BCUT2D eigenvalue weighted by Crippen LogP contribution is 2.32. The number of carbonyl (C=O) groups is 2. The zero-order valence-corrected chi connectivity index (χ0v) is 18.4. The van der Waals surface area contributed by atoms with Gasteiger partial charge in [-0.15, -0.1) is 0 Å². The molecule has 7 nitrogen and oxygen atoms in total. The first-order valence-corrected chi connectivity index (χ1v) is 11.0. The van der Waals surface area contributed by atoms with Gasteiger partial charge in [0.1, 0.15) is 5.75 Å². The van der Waals surface area contributed by atoms with Crippen molar-refractivity contribution >= 4 is 29.1 Å². The second-order valence-electron chi connectivity index (χ2n) is 8.00. The van der Waals surface area contributed by atoms with Crippen molar-refractivity contribution in [3.63, 3.8) is 0 Å². The maximum atomic E-state index is 13.1. The lowest BCUT2D eigenvalue weighted by Gasteiger charge is -2.35. The summed E-state index contributed by atoms with van der Waals surface area (Å²) in [5.41, 5.74) is 1.98. The third-order valence-electron chi connectivity index (χ3n) is 6.07. The molecule has 0 radical (unpaired) electrons. The van der Waals surface area contributed by atoms with E-state index in [2.05, 4.69) is 9.88 Å². The fourth-order valence-corrected chi connectivity index (χ4v) is 4.48. The highest BCUT2D eigenvalue weighted by atomic mass is 35.5. The molecular formula is C23H27ClN4O3. The van der Waals surface area contributed by atoms with Crippen molar-refractivity contribution in [3.8, 4) is 5.75 Å². The normalized spacial score (nSPS) is 19.7. The molecule has 0 bridgehead atoms. The van der Waals surface area contributed by atoms with Crippen LogP contribution in [0.5, 0.6) is 5.75 Å². The minimum Gasteiger partial charge on any atom is -0.495 e. The van der Waals surface area contributed by atoms with Crippen LogP contribution in [0.2, 0.25) is 5.02 Å². The highest BCUT2D eigenvalue weighted by Gasteiger charge is 2.38. The number of ether oxygens (including phenoxy) is 1. The van der Waals surface area contributed by atoms with E-state index in [1.54, 1.807) is 30.2 Å². The summed E-state index contributed by atoms with van der Waals surface area (Å²) in [5, 5.41) is 0.450. The van der Waals surface area contributed by atoms with E-state index in [1.165, 1.54) is 5.56 Å². The molecule has 0 saturated carbocycles. The van der Waals surface area contributed by atoms with E-state index in [4.69, 9.17) is 16.3 Å². The van der Waals surface area contributed by atoms with E-state index in [1.807, 2.05) is 29.4 Å². The second kappa shape index (κ2) is 9.66. The zero-order chi connectivity index (χ0) is 21.8. The van der Waals surface area contributed by atoms with Crippen LogP contribution in [0.25, 0.3) is 0 Å². The molecule has 1 aromatic heterocycles. The van der Waals surface area contributed by atoms with Gasteiger partial charge >= 0.3 is 0 Å². The first kappa shape index (κ1) is 21.6. The maximum absolute atomic E-state index is 13.1. The molecule has 31 heavy (non-hydrogen) atoms. The number of nitrogens with zero attached hydrogens (tertiary/aromatic N) is 4. The number of hydrogen-bond donors (Lipinski definition) is 0. The van der Waals surface area contributed by atoms with E-state index in [-0.39, 0.29) is 24.2 Å². The van der Waals surface area contributed by atoms with Crippen LogP contribution in [0, 0.1) is 5.92 Å². The average molecular weight is 443 g/mol. The smallest absolute Gasteiger partial charge is 0.228 e. The number of halogens is 1. The van der Waals surface area contributed by atoms with Gasteiger partial charge in [0.2, 0.25) is 11.8 Å². The van der Waals surface area contributed by atoms with Crippen LogP contribution in [-0.2, 0) is 16.0 Å². The molecule has 4 rings (SSSR count). The Kier molecular flexibility index (Phi) is 6.73. The van der Waals surface area contributed by atoms with Gasteiger partial charge in [-0.05, 0) is 42.3 Å². The SMILES string of the molecule is COc1ccc(N2C[C@H](C(=O)N3CCN(CCc4ccncc4)CC3)CC2=O)cc1Cl. The number of anilines is 1. The van der Waals surface area contributed by atoms with Crippen LogP contribution in [0.4, 0.5) is 5.69 Å². The Labute approximate surface area is 187 Å². The largest absolute Gasteiger partial charge is 0.495 e. The Morgan fingerprint density at radius 1 is 1.16 bits per heavy atom. The Balaban J connectivity index is 1.29. The van der Waals surface area contributed by atoms with E-state index < -0.39 is 0 Å². The van der Waals surface area contributed by atoms with Gasteiger partial charge in [0.05, 0.1) is 18.1 Å². The van der Waals surface area contributed by atoms with Gasteiger partial charge in [0, 0.05) is 63.8 Å². The number of hydrogen-bond acceptors (Lipinski definition) is 5. The van der Waals surface area contributed by atoms with Gasteiger partial charge < -0.3 is 14.5 Å². The first-order valence-electron chi connectivity index (χ1n) is 10.6. The number of rotatable bonds is 6. The van der Waals surface area contributed by atoms with Crippen molar-refractivity contribution in [2.45, 2.75) is 12.8 Å². The third-order valence-corrected chi connectivity index (χ3v) is 6.37. The quantitative estimate of drug-likeness (QED) is 0.687. The third kappa shape index (κ3) is 4.99. The molecule has 164 valence electrons. The molecule has 1 atom stereocenters. The number of methoxy groups -OCH3 is 1. The summed E-state index contributed by atoms with van der Waals surface area (Å²) >= 11 is 6.21. The predicted molar refractivity (Wildman–Crippen MR) is 119 cm³/mol. The number of piperazine rings is 1. The van der Waals surface area contributed by atoms with Crippen LogP contribution in [0.1, 0.15) is 12.0 Å². The minimum absolute atomic E-state index is 0.0458. The summed E-state index contributed by atoms with van der Waals surface area (Å²) in [6, 6.07) is 9.34. The van der Waals surface area contributed by atoms with Crippen molar-refractivity contribution in [2.24, 2.45) is 5.92 Å². The molecule has 1 aromatic carbocycles. The number of aromatic nitrogens is 1. The van der Waals surface area contributed by atoms with E-state index in [9.17, 15) is 9.59 Å². The van der Waals surface area contributed by atoms with E-state index >= 15 is 0 Å². The van der Waals surface area contributed by atoms with Gasteiger partial charge in [-0.1, -0.05) is 11.6 Å². The number of carbonyl (C=O) groups excluding carboxylic acids is 2. The van der Waals surface area contributed by atoms with Crippen molar-refractivity contribution in [1.82, 2.24) is 14.8 Å². The molecule has 2 aliphatic rings. The lowest BCUT2D eigenvalue weighted by Crippen LogP contribution is -2.51. The van der Waals surface area contributed by atoms with Crippen molar-refractivity contribution < 1.29 is 14.3 Å². The monoisotopic (exact) mass is 442 g/mol. The second-order valence-corrected chi connectivity index (χ2v) is 8.40. The molecule has 0 unspecified atom stereocenters. The maximum Gasteiger partial charge on any atom is 0.228 e. The molecule has 8 heteroatoms. The van der Waals surface area contributed by atoms with Crippen molar-refractivity contribution in [1.29, 1.82) is 0 Å². The van der Waals surface area contributed by atoms with Gasteiger partial charge in [0.25, 0.3) is 0 Å². The summed E-state index contributed by atoms with van der Waals surface area (Å²) < 4.78 is 5.18. The van der Waals surface area contributed by atoms with Crippen molar-refractivity contribution in [3.05, 3.63) is 53.3 Å². The minimum atomic E-state index is -0.309. The van der Waals surface area contributed by atoms with Crippen LogP contribution in [0.15, 0.2) is 42.7 Å². The summed E-state index contributed by atoms with van der Waals surface area (Å²) in [6.07, 6.45) is 4.85. The van der Waals surface area contributed by atoms with Crippen LogP contribution < -0.4 is 9.64 Å². The first-order chi connectivity index (χ1) is 15.0. The fourth-order valence-electron chi connectivity index (χ4n) is 4.23. The standard InChI is InChI=1S/C23H27ClN4O3/c1-31-21-3-2-19(15-20(21)24)28-16-18(14-22(28)29)23(30)27-12-10-26(11-13-27)9-6-17-4-7-25-8-5-17/h2-5,7-8,15,18H,6,9-14,16H2,1H3/t18-/m1/s1. The molecule has 2 aromatic rings. The van der Waals surface area contributed by atoms with Gasteiger partial charge in [-0.25, -0.2) is 0 Å². The van der Waals surface area contributed by atoms with Gasteiger partial charge in [0.15, 0.2) is 0 Å². The highest BCUT2D eigenvalue weighted by molar-refractivity contribution is 6.32. The summed E-state index contributed by atoms with van der Waals surface area (Å²) in [5.74, 6) is 0.281. The Morgan fingerprint density at radius 3 is 2.58 bits per heavy atom. The Hall–Kier alpha value is -2.64. The number of amides is 2. The molecule has 0 aliphatic carbocycles. The summed E-state index contributed by atoms with van der Waals surface area (Å²) in [7, 11) is 1.55. The topological polar surface area (TPSA) is 66.0 Å². The molecule has 2 fully saturated rings. The molecule has 3 heterocycles. The van der Waals surface area contributed by atoms with E-state index in [0.717, 1.165) is 26.1 Å². The number of pyridine rings is 1. The summed E-state index contributed by atoms with van der Waals surface area (Å²) in [6.45, 7) is 4.48. The average Bonchev–Trinajstić information content (AvgIpc) is 3.19. The van der Waals surface area contributed by atoms with Gasteiger partial charge in [-0.3, -0.25) is 19.5 Å². The van der Waals surface area contributed by atoms with E-state index in [0.29, 0.717) is 36.1 Å². The molecule has 0 spiro atoms. The number of benzene rings is 1. The molecule has 2 amide bonds. The molecule has 2 saturated heterocycles. The fraction of sp³-hybridized carbons (Fsp3) is 0.435. The molecule has 0 N–H and O–H groups in total. The van der Waals surface area contributed by atoms with Gasteiger partial charge in [-0.2, -0.15) is 0 Å². The lowest BCUT2D eigenvalue weighted by molar-refractivity contribution is -0.137. The summed E-state index contributed by atoms with van der Waals surface area (Å²) in [4.78, 5) is 35.6. The van der Waals surface area contributed by atoms with Crippen LogP contribution >= 0.6 is 11.6 Å². The Morgan fingerprint density at radius 2 is 1.90 bits per heavy atom. The zero-order valence-electron chi connectivity index (χ0n) is 17.7. The lowest BCUT2D eigenvalue weighted by atomic mass is 10.1. The molecular weight excluding hydrogens is 416 g/mol. The molecule has 2 aliphatic heterocycles. The predicted octanol–water partition coefficient (Wildman–Crippen LogP) is 2.48. The van der Waals surface area contributed by atoms with Crippen LogP contribution in [0.3, 0.4) is 0 Å². The van der Waals surface area contributed by atoms with Crippen LogP contribution in [-0.4, -0.2) is 73.0 Å².